The smallest absolute Gasteiger partial charge is 0.220 e. The molecule has 0 aliphatic heterocycles. The lowest BCUT2D eigenvalue weighted by Crippen LogP contribution is -2.30. The van der Waals surface area contributed by atoms with Crippen LogP contribution in [-0.4, -0.2) is 18.5 Å². The van der Waals surface area contributed by atoms with Crippen LogP contribution in [0.5, 0.6) is 0 Å². The van der Waals surface area contributed by atoms with Gasteiger partial charge in [0.2, 0.25) is 5.91 Å². The van der Waals surface area contributed by atoms with Crippen molar-refractivity contribution in [3.63, 3.8) is 0 Å². The van der Waals surface area contributed by atoms with Gasteiger partial charge in [-0.1, -0.05) is 32.6 Å². The molecule has 1 unspecified atom stereocenters. The van der Waals surface area contributed by atoms with Crippen molar-refractivity contribution in [3.05, 3.63) is 0 Å². The molecule has 1 amide bonds. The summed E-state index contributed by atoms with van der Waals surface area (Å²) in [5.41, 5.74) is 5.78. The monoisotopic (exact) mass is 226 g/mol. The molecule has 0 heterocycles. The molecule has 1 fully saturated rings. The maximum atomic E-state index is 11.5. The highest BCUT2D eigenvalue weighted by Crippen LogP contribution is 2.28. The van der Waals surface area contributed by atoms with E-state index in [2.05, 4.69) is 12.2 Å². The third-order valence-corrected chi connectivity index (χ3v) is 3.62. The fraction of sp³-hybridized carbons (Fsp3) is 0.923. The highest BCUT2D eigenvalue weighted by atomic mass is 16.1. The van der Waals surface area contributed by atoms with Gasteiger partial charge in [0.25, 0.3) is 0 Å². The third kappa shape index (κ3) is 5.50. The average Bonchev–Trinajstić information content (AvgIpc) is 2.79. The van der Waals surface area contributed by atoms with Crippen molar-refractivity contribution in [2.24, 2.45) is 11.7 Å². The molecule has 3 nitrogen and oxygen atoms in total. The van der Waals surface area contributed by atoms with Gasteiger partial charge in [0.15, 0.2) is 0 Å². The first-order valence-electron chi connectivity index (χ1n) is 6.74. The van der Waals surface area contributed by atoms with Gasteiger partial charge in [-0.25, -0.2) is 0 Å². The van der Waals surface area contributed by atoms with Crippen molar-refractivity contribution in [1.29, 1.82) is 0 Å². The van der Waals surface area contributed by atoms with Crippen LogP contribution >= 0.6 is 0 Å². The normalized spacial score (nSPS) is 18.6. The van der Waals surface area contributed by atoms with Crippen LogP contribution in [0.25, 0.3) is 0 Å². The Morgan fingerprint density at radius 1 is 1.44 bits per heavy atom. The molecule has 1 rings (SSSR count). The minimum atomic E-state index is 0.204. The van der Waals surface area contributed by atoms with Gasteiger partial charge in [0.1, 0.15) is 0 Å². The van der Waals surface area contributed by atoms with Crippen molar-refractivity contribution in [3.8, 4) is 0 Å². The largest absolute Gasteiger partial charge is 0.356 e. The predicted octanol–water partition coefficient (Wildman–Crippen LogP) is 2.20. The number of hydrogen-bond acceptors (Lipinski definition) is 2. The lowest BCUT2D eigenvalue weighted by molar-refractivity contribution is -0.121. The van der Waals surface area contributed by atoms with Gasteiger partial charge in [-0.2, -0.15) is 0 Å². The second-order valence-corrected chi connectivity index (χ2v) is 5.00. The number of rotatable bonds is 7. The van der Waals surface area contributed by atoms with Crippen LogP contribution in [-0.2, 0) is 4.79 Å². The van der Waals surface area contributed by atoms with Crippen LogP contribution < -0.4 is 11.1 Å². The van der Waals surface area contributed by atoms with E-state index in [1.807, 2.05) is 0 Å². The Morgan fingerprint density at radius 2 is 2.12 bits per heavy atom. The van der Waals surface area contributed by atoms with Gasteiger partial charge in [-0.3, -0.25) is 4.79 Å². The Hall–Kier alpha value is -0.570. The van der Waals surface area contributed by atoms with Gasteiger partial charge in [0.05, 0.1) is 0 Å². The van der Waals surface area contributed by atoms with Crippen molar-refractivity contribution < 1.29 is 4.79 Å². The first-order valence-corrected chi connectivity index (χ1v) is 6.74. The zero-order valence-corrected chi connectivity index (χ0v) is 10.5. The zero-order valence-electron chi connectivity index (χ0n) is 10.5. The molecule has 1 aliphatic rings. The Balaban J connectivity index is 1.97. The third-order valence-electron chi connectivity index (χ3n) is 3.62. The first kappa shape index (κ1) is 13.5. The van der Waals surface area contributed by atoms with E-state index < -0.39 is 0 Å². The maximum Gasteiger partial charge on any atom is 0.220 e. The molecule has 0 spiro atoms. The number of hydrogen-bond donors (Lipinski definition) is 2. The molecule has 0 radical (unpaired) electrons. The Morgan fingerprint density at radius 3 is 2.75 bits per heavy atom. The summed E-state index contributed by atoms with van der Waals surface area (Å²) in [6.45, 7) is 2.81. The average molecular weight is 226 g/mol. The number of carbonyl (C=O) groups excluding carboxylic acids is 1. The Labute approximate surface area is 99.2 Å². The molecule has 1 saturated carbocycles. The minimum Gasteiger partial charge on any atom is -0.356 e. The van der Waals surface area contributed by atoms with Gasteiger partial charge >= 0.3 is 0 Å². The summed E-state index contributed by atoms with van der Waals surface area (Å²) in [6.07, 6.45) is 9.03. The number of carbonyl (C=O) groups is 1. The van der Waals surface area contributed by atoms with Crippen LogP contribution in [0.15, 0.2) is 0 Å². The van der Waals surface area contributed by atoms with Crippen LogP contribution in [0.1, 0.15) is 58.3 Å². The topological polar surface area (TPSA) is 55.1 Å². The quantitative estimate of drug-likeness (QED) is 0.699. The van der Waals surface area contributed by atoms with E-state index in [1.54, 1.807) is 0 Å². The molecule has 16 heavy (non-hydrogen) atoms. The number of nitrogens with two attached hydrogens (primary N) is 1. The number of amides is 1. The van der Waals surface area contributed by atoms with E-state index in [4.69, 9.17) is 5.73 Å². The van der Waals surface area contributed by atoms with E-state index in [1.165, 1.54) is 25.7 Å². The van der Waals surface area contributed by atoms with E-state index in [0.717, 1.165) is 31.7 Å². The van der Waals surface area contributed by atoms with Crippen LogP contribution in [0, 0.1) is 5.92 Å². The van der Waals surface area contributed by atoms with Crippen LogP contribution in [0.2, 0.25) is 0 Å². The molecule has 0 saturated heterocycles. The fourth-order valence-electron chi connectivity index (χ4n) is 2.32. The standard InChI is InChI=1S/C13H26N2O/c1-2-12(14)9-10-15-13(16)8-7-11-5-3-4-6-11/h11-12H,2-10,14H2,1H3,(H,15,16). The van der Waals surface area contributed by atoms with E-state index in [9.17, 15) is 4.79 Å². The van der Waals surface area contributed by atoms with Crippen LogP contribution in [0.4, 0.5) is 0 Å². The molecular formula is C13H26N2O. The Bertz CT molecular complexity index is 200. The van der Waals surface area contributed by atoms with Gasteiger partial charge in [0, 0.05) is 19.0 Å². The minimum absolute atomic E-state index is 0.204. The summed E-state index contributed by atoms with van der Waals surface area (Å²) < 4.78 is 0. The van der Waals surface area contributed by atoms with Crippen LogP contribution in [0.3, 0.4) is 0 Å². The first-order chi connectivity index (χ1) is 7.72. The van der Waals surface area contributed by atoms with E-state index >= 15 is 0 Å². The molecule has 0 bridgehead atoms. The summed E-state index contributed by atoms with van der Waals surface area (Å²) in [5, 5.41) is 2.95. The second kappa shape index (κ2) is 7.66. The summed E-state index contributed by atoms with van der Waals surface area (Å²) in [4.78, 5) is 11.5. The summed E-state index contributed by atoms with van der Waals surface area (Å²) in [7, 11) is 0. The molecule has 94 valence electrons. The highest BCUT2D eigenvalue weighted by molar-refractivity contribution is 5.75. The lowest BCUT2D eigenvalue weighted by atomic mass is 10.0. The molecular weight excluding hydrogens is 200 g/mol. The van der Waals surface area contributed by atoms with E-state index in [0.29, 0.717) is 6.42 Å². The van der Waals surface area contributed by atoms with Crippen molar-refractivity contribution in [1.82, 2.24) is 5.32 Å². The van der Waals surface area contributed by atoms with Crippen molar-refractivity contribution in [2.75, 3.05) is 6.54 Å². The van der Waals surface area contributed by atoms with Gasteiger partial charge < -0.3 is 11.1 Å². The van der Waals surface area contributed by atoms with Gasteiger partial charge in [-0.05, 0) is 25.2 Å². The highest BCUT2D eigenvalue weighted by Gasteiger charge is 2.15. The van der Waals surface area contributed by atoms with E-state index in [-0.39, 0.29) is 11.9 Å². The summed E-state index contributed by atoms with van der Waals surface area (Å²) >= 11 is 0. The molecule has 1 aliphatic carbocycles. The maximum absolute atomic E-state index is 11.5. The van der Waals surface area contributed by atoms with Gasteiger partial charge in [-0.15, -0.1) is 0 Å². The second-order valence-electron chi connectivity index (χ2n) is 5.00. The Kier molecular flexibility index (Phi) is 6.46. The molecule has 3 N–H and O–H groups in total. The SMILES string of the molecule is CCC(N)CCNC(=O)CCC1CCCC1. The lowest BCUT2D eigenvalue weighted by Gasteiger charge is -2.11. The summed E-state index contributed by atoms with van der Waals surface area (Å²) in [5.74, 6) is 1.01. The molecule has 1 atom stereocenters. The zero-order chi connectivity index (χ0) is 11.8. The molecule has 0 aromatic carbocycles. The molecule has 0 aromatic rings. The fourth-order valence-corrected chi connectivity index (χ4v) is 2.32. The van der Waals surface area contributed by atoms with Crippen molar-refractivity contribution in [2.45, 2.75) is 64.3 Å². The molecule has 3 heteroatoms. The number of nitrogens with one attached hydrogen (secondary N) is 1. The van der Waals surface area contributed by atoms with Crippen molar-refractivity contribution >= 4 is 5.91 Å². The molecule has 0 aromatic heterocycles. The summed E-state index contributed by atoms with van der Waals surface area (Å²) in [6, 6.07) is 0.232. The predicted molar refractivity (Wildman–Crippen MR) is 67.1 cm³/mol.